The minimum Gasteiger partial charge on any atom is -0.328 e. The van der Waals surface area contributed by atoms with Crippen molar-refractivity contribution in [2.24, 2.45) is 0 Å². The zero-order valence-electron chi connectivity index (χ0n) is 12.3. The van der Waals surface area contributed by atoms with Gasteiger partial charge in [0.2, 0.25) is 0 Å². The average molecular weight is 272 g/mol. The van der Waals surface area contributed by atoms with Gasteiger partial charge in [0.25, 0.3) is 0 Å². The maximum absolute atomic E-state index is 12.5. The van der Waals surface area contributed by atoms with Crippen LogP contribution < -0.4 is 5.32 Å². The number of hydrogen-bond acceptors (Lipinski definition) is 1. The molecule has 1 aliphatic carbocycles. The molecule has 0 atom stereocenters. The third-order valence-electron chi connectivity index (χ3n) is 4.59. The molecule has 3 heteroatoms. The van der Waals surface area contributed by atoms with Crippen LogP contribution in [0.25, 0.3) is 0 Å². The van der Waals surface area contributed by atoms with Crippen molar-refractivity contribution in [1.29, 1.82) is 0 Å². The highest BCUT2D eigenvalue weighted by atomic mass is 16.2. The van der Waals surface area contributed by atoms with Gasteiger partial charge in [0.1, 0.15) is 0 Å². The molecular formula is C17H24N2O. The summed E-state index contributed by atoms with van der Waals surface area (Å²) in [5.74, 6) is 0. The fourth-order valence-electron chi connectivity index (χ4n) is 3.04. The molecule has 3 nitrogen and oxygen atoms in total. The molecule has 0 unspecified atom stereocenters. The van der Waals surface area contributed by atoms with Crippen LogP contribution >= 0.6 is 0 Å². The van der Waals surface area contributed by atoms with Gasteiger partial charge in [0.15, 0.2) is 0 Å². The smallest absolute Gasteiger partial charge is 0.318 e. The summed E-state index contributed by atoms with van der Waals surface area (Å²) in [5, 5.41) is 3.29. The Labute approximate surface area is 121 Å². The predicted molar refractivity (Wildman–Crippen MR) is 80.7 cm³/mol. The molecule has 0 radical (unpaired) electrons. The van der Waals surface area contributed by atoms with Crippen LogP contribution in [-0.2, 0) is 5.54 Å². The summed E-state index contributed by atoms with van der Waals surface area (Å²) in [6.07, 6.45) is 6.93. The van der Waals surface area contributed by atoms with Crippen LogP contribution in [0.4, 0.5) is 4.79 Å². The highest BCUT2D eigenvalue weighted by Gasteiger charge is 2.46. The van der Waals surface area contributed by atoms with E-state index in [1.54, 1.807) is 0 Å². The quantitative estimate of drug-likeness (QED) is 0.877. The van der Waals surface area contributed by atoms with Gasteiger partial charge in [0, 0.05) is 13.1 Å². The molecule has 1 aliphatic heterocycles. The monoisotopic (exact) mass is 272 g/mol. The summed E-state index contributed by atoms with van der Waals surface area (Å²) in [6, 6.07) is 8.71. The maximum Gasteiger partial charge on any atom is 0.318 e. The Morgan fingerprint density at radius 3 is 2.20 bits per heavy atom. The molecule has 1 heterocycles. The van der Waals surface area contributed by atoms with Gasteiger partial charge in [-0.05, 0) is 38.2 Å². The summed E-state index contributed by atoms with van der Waals surface area (Å²) < 4.78 is 0. The molecule has 2 amide bonds. The van der Waals surface area contributed by atoms with E-state index in [4.69, 9.17) is 0 Å². The molecule has 0 spiro atoms. The van der Waals surface area contributed by atoms with Crippen LogP contribution in [0.5, 0.6) is 0 Å². The van der Waals surface area contributed by atoms with Gasteiger partial charge < -0.3 is 10.2 Å². The Morgan fingerprint density at radius 2 is 1.65 bits per heavy atom. The first-order valence-corrected chi connectivity index (χ1v) is 7.84. The number of carbonyl (C=O) groups excluding carboxylic acids is 1. The molecule has 0 bridgehead atoms. The van der Waals surface area contributed by atoms with E-state index in [2.05, 4.69) is 36.5 Å². The van der Waals surface area contributed by atoms with Gasteiger partial charge >= 0.3 is 6.03 Å². The predicted octanol–water partition coefficient (Wildman–Crippen LogP) is 3.57. The van der Waals surface area contributed by atoms with Crippen molar-refractivity contribution >= 4 is 6.03 Å². The number of nitrogens with zero attached hydrogens (tertiary/aromatic N) is 1. The van der Waals surface area contributed by atoms with E-state index in [0.29, 0.717) is 0 Å². The number of likely N-dealkylation sites (tertiary alicyclic amines) is 1. The molecule has 0 aromatic heterocycles. The third-order valence-corrected chi connectivity index (χ3v) is 4.59. The number of carbonyl (C=O) groups is 1. The lowest BCUT2D eigenvalue weighted by atomic mass is 10.0. The number of urea groups is 1. The highest BCUT2D eigenvalue weighted by molar-refractivity contribution is 5.76. The summed E-state index contributed by atoms with van der Waals surface area (Å²) in [6.45, 7) is 3.92. The largest absolute Gasteiger partial charge is 0.328 e. The minimum absolute atomic E-state index is 0.0862. The third kappa shape index (κ3) is 2.82. The molecule has 1 saturated carbocycles. The van der Waals surface area contributed by atoms with E-state index in [0.717, 1.165) is 38.8 Å². The van der Waals surface area contributed by atoms with Crippen LogP contribution in [0.15, 0.2) is 24.3 Å². The van der Waals surface area contributed by atoms with Crippen LogP contribution in [0.3, 0.4) is 0 Å². The van der Waals surface area contributed by atoms with Crippen molar-refractivity contribution in [3.63, 3.8) is 0 Å². The molecule has 2 fully saturated rings. The van der Waals surface area contributed by atoms with Crippen LogP contribution in [0.2, 0.25) is 0 Å². The number of benzene rings is 1. The lowest BCUT2D eigenvalue weighted by Crippen LogP contribution is -2.45. The average Bonchev–Trinajstić information content (AvgIpc) is 3.23. The summed E-state index contributed by atoms with van der Waals surface area (Å²) in [4.78, 5) is 14.5. The van der Waals surface area contributed by atoms with Gasteiger partial charge in [-0.1, -0.05) is 42.7 Å². The van der Waals surface area contributed by atoms with Crippen LogP contribution in [0.1, 0.15) is 49.7 Å². The highest BCUT2D eigenvalue weighted by Crippen LogP contribution is 2.45. The fourth-order valence-corrected chi connectivity index (χ4v) is 3.04. The van der Waals surface area contributed by atoms with Crippen LogP contribution in [0, 0.1) is 6.92 Å². The Morgan fingerprint density at radius 1 is 1.05 bits per heavy atom. The Balaban J connectivity index is 1.67. The van der Waals surface area contributed by atoms with Crippen molar-refractivity contribution < 1.29 is 4.79 Å². The lowest BCUT2D eigenvalue weighted by Gasteiger charge is -2.25. The number of rotatable bonds is 2. The molecule has 108 valence electrons. The van der Waals surface area contributed by atoms with E-state index >= 15 is 0 Å². The van der Waals surface area contributed by atoms with Gasteiger partial charge in [0.05, 0.1) is 5.54 Å². The molecule has 1 aromatic carbocycles. The molecule has 1 N–H and O–H groups in total. The number of aryl methyl sites for hydroxylation is 1. The second-order valence-electron chi connectivity index (χ2n) is 6.28. The maximum atomic E-state index is 12.5. The molecule has 1 aromatic rings. The van der Waals surface area contributed by atoms with Gasteiger partial charge in [-0.3, -0.25) is 0 Å². The molecule has 1 saturated heterocycles. The van der Waals surface area contributed by atoms with E-state index in [1.807, 2.05) is 4.90 Å². The molecular weight excluding hydrogens is 248 g/mol. The van der Waals surface area contributed by atoms with E-state index in [9.17, 15) is 4.79 Å². The topological polar surface area (TPSA) is 32.3 Å². The summed E-state index contributed by atoms with van der Waals surface area (Å²) in [7, 11) is 0. The van der Waals surface area contributed by atoms with Crippen molar-refractivity contribution in [3.8, 4) is 0 Å². The van der Waals surface area contributed by atoms with Crippen molar-refractivity contribution in [2.45, 2.75) is 51.0 Å². The van der Waals surface area contributed by atoms with Gasteiger partial charge in [-0.25, -0.2) is 4.79 Å². The number of hydrogen-bond donors (Lipinski definition) is 1. The van der Waals surface area contributed by atoms with E-state index in [1.165, 1.54) is 24.0 Å². The Kier molecular flexibility index (Phi) is 3.68. The molecule has 3 rings (SSSR count). The van der Waals surface area contributed by atoms with E-state index in [-0.39, 0.29) is 11.6 Å². The van der Waals surface area contributed by atoms with Gasteiger partial charge in [-0.15, -0.1) is 0 Å². The first kappa shape index (κ1) is 13.5. The van der Waals surface area contributed by atoms with Crippen molar-refractivity contribution in [2.75, 3.05) is 13.1 Å². The first-order chi connectivity index (χ1) is 9.70. The van der Waals surface area contributed by atoms with E-state index < -0.39 is 0 Å². The Bertz CT molecular complexity index is 468. The zero-order valence-corrected chi connectivity index (χ0v) is 12.3. The second-order valence-corrected chi connectivity index (χ2v) is 6.28. The molecule has 2 aliphatic rings. The van der Waals surface area contributed by atoms with Crippen LogP contribution in [-0.4, -0.2) is 24.0 Å². The second kappa shape index (κ2) is 5.47. The number of amides is 2. The summed E-state index contributed by atoms with van der Waals surface area (Å²) >= 11 is 0. The SMILES string of the molecule is Cc1ccc(C2(NC(=O)N3CCCCCC3)CC2)cc1. The normalized spacial score (nSPS) is 21.1. The van der Waals surface area contributed by atoms with Crippen molar-refractivity contribution in [1.82, 2.24) is 10.2 Å². The number of nitrogens with one attached hydrogen (secondary N) is 1. The lowest BCUT2D eigenvalue weighted by molar-refractivity contribution is 0.194. The van der Waals surface area contributed by atoms with Gasteiger partial charge in [-0.2, -0.15) is 0 Å². The zero-order chi connectivity index (χ0) is 14.0. The minimum atomic E-state index is -0.0862. The summed E-state index contributed by atoms with van der Waals surface area (Å²) in [5.41, 5.74) is 2.44. The molecule has 20 heavy (non-hydrogen) atoms. The first-order valence-electron chi connectivity index (χ1n) is 7.84. The standard InChI is InChI=1S/C17H24N2O/c1-14-6-8-15(9-7-14)17(10-11-17)18-16(20)19-12-4-2-3-5-13-19/h6-9H,2-5,10-13H2,1H3,(H,18,20). The van der Waals surface area contributed by atoms with Crippen molar-refractivity contribution in [3.05, 3.63) is 35.4 Å². The Hall–Kier alpha value is -1.51. The fraction of sp³-hybridized carbons (Fsp3) is 0.588.